The molecule has 0 aliphatic carbocycles. The summed E-state index contributed by atoms with van der Waals surface area (Å²) in [6.45, 7) is 4.26. The Bertz CT molecular complexity index is 261. The number of carbonyl (C=O) groups is 3. The van der Waals surface area contributed by atoms with E-state index in [0.29, 0.717) is 0 Å². The van der Waals surface area contributed by atoms with Crippen LogP contribution in [0.15, 0.2) is 0 Å². The van der Waals surface area contributed by atoms with Crippen molar-refractivity contribution in [3.05, 3.63) is 0 Å². The van der Waals surface area contributed by atoms with Crippen LogP contribution in [0, 0.1) is 0 Å². The molecular formula is C9H19N3O3Si. The lowest BCUT2D eigenvalue weighted by atomic mass is 10.7. The molecule has 0 aliphatic rings. The van der Waals surface area contributed by atoms with Gasteiger partial charge in [0.05, 0.1) is 0 Å². The van der Waals surface area contributed by atoms with Gasteiger partial charge in [0.15, 0.2) is 0 Å². The first-order valence-corrected chi connectivity index (χ1v) is 6.45. The highest BCUT2D eigenvalue weighted by atomic mass is 28.3. The number of nitrogens with zero attached hydrogens (tertiary/aromatic N) is 3. The van der Waals surface area contributed by atoms with Gasteiger partial charge in [-0.1, -0.05) is 0 Å². The Labute approximate surface area is 97.6 Å². The van der Waals surface area contributed by atoms with E-state index in [-0.39, 0.29) is 17.7 Å². The largest absolute Gasteiger partial charge is 0.369 e. The van der Waals surface area contributed by atoms with Crippen molar-refractivity contribution in [1.29, 1.82) is 0 Å². The second-order valence-electron chi connectivity index (χ2n) is 3.74. The van der Waals surface area contributed by atoms with E-state index in [2.05, 4.69) is 0 Å². The van der Waals surface area contributed by atoms with Crippen molar-refractivity contribution in [3.63, 3.8) is 0 Å². The molecule has 0 atom stereocenters. The summed E-state index contributed by atoms with van der Waals surface area (Å²) in [6.07, 6.45) is 0. The fourth-order valence-corrected chi connectivity index (χ4v) is 3.80. The van der Waals surface area contributed by atoms with Crippen LogP contribution in [0.2, 0.25) is 0 Å². The van der Waals surface area contributed by atoms with Crippen LogP contribution in [0.25, 0.3) is 0 Å². The zero-order valence-corrected chi connectivity index (χ0v) is 11.8. The third-order valence-corrected chi connectivity index (χ3v) is 5.70. The molecule has 0 heterocycles. The van der Waals surface area contributed by atoms with Crippen LogP contribution in [-0.4, -0.2) is 61.8 Å². The first-order valence-electron chi connectivity index (χ1n) is 4.90. The summed E-state index contributed by atoms with van der Waals surface area (Å²) in [6, 6.07) is 0. The number of rotatable bonds is 3. The number of hydrogen-bond donors (Lipinski definition) is 0. The lowest BCUT2D eigenvalue weighted by molar-refractivity contribution is -0.128. The van der Waals surface area contributed by atoms with Crippen LogP contribution in [0.3, 0.4) is 0 Å². The Kier molecular flexibility index (Phi) is 5.16. The van der Waals surface area contributed by atoms with Gasteiger partial charge in [0, 0.05) is 41.9 Å². The van der Waals surface area contributed by atoms with Crippen LogP contribution in [0.5, 0.6) is 0 Å². The minimum Gasteiger partial charge on any atom is -0.340 e. The number of carbonyl (C=O) groups excluding carboxylic acids is 3. The van der Waals surface area contributed by atoms with Crippen molar-refractivity contribution in [2.45, 2.75) is 20.8 Å². The quantitative estimate of drug-likeness (QED) is 0.608. The molecule has 0 bridgehead atoms. The molecule has 0 aromatic rings. The molecule has 92 valence electrons. The summed E-state index contributed by atoms with van der Waals surface area (Å²) in [7, 11) is 2.59. The molecular weight excluding hydrogens is 226 g/mol. The first kappa shape index (κ1) is 14.6. The Morgan fingerprint density at radius 2 is 0.875 bits per heavy atom. The molecule has 16 heavy (non-hydrogen) atoms. The molecule has 0 rings (SSSR count). The normalized spacial score (nSPS) is 9.94. The SMILES string of the molecule is CC(=O)N(C)[SiH](N(C)C(C)=O)N(C)C(C)=O. The second kappa shape index (κ2) is 5.64. The van der Waals surface area contributed by atoms with Gasteiger partial charge in [0.1, 0.15) is 0 Å². The summed E-state index contributed by atoms with van der Waals surface area (Å²) in [5, 5.41) is 0. The minimum absolute atomic E-state index is 0.155. The molecule has 0 saturated heterocycles. The summed E-state index contributed by atoms with van der Waals surface area (Å²) in [5.41, 5.74) is 0. The van der Waals surface area contributed by atoms with Crippen molar-refractivity contribution in [2.75, 3.05) is 21.1 Å². The molecule has 0 saturated carbocycles. The van der Waals surface area contributed by atoms with Crippen LogP contribution in [0.1, 0.15) is 20.8 Å². The molecule has 3 amide bonds. The van der Waals surface area contributed by atoms with Gasteiger partial charge >= 0.3 is 9.28 Å². The predicted octanol–water partition coefficient (Wildman–Crippen LogP) is -0.861. The summed E-state index contributed by atoms with van der Waals surface area (Å²) >= 11 is 0. The van der Waals surface area contributed by atoms with E-state index in [1.165, 1.54) is 34.5 Å². The van der Waals surface area contributed by atoms with Crippen molar-refractivity contribution >= 4 is 27.0 Å². The Hall–Kier alpha value is -1.37. The van der Waals surface area contributed by atoms with Crippen LogP contribution >= 0.6 is 0 Å². The molecule has 0 spiro atoms. The molecule has 0 radical (unpaired) electrons. The monoisotopic (exact) mass is 245 g/mol. The lowest BCUT2D eigenvalue weighted by Crippen LogP contribution is -2.63. The topological polar surface area (TPSA) is 60.9 Å². The van der Waals surface area contributed by atoms with E-state index in [9.17, 15) is 14.4 Å². The smallest absolute Gasteiger partial charge is 0.340 e. The van der Waals surface area contributed by atoms with E-state index in [4.69, 9.17) is 0 Å². The molecule has 0 unspecified atom stereocenters. The Balaban J connectivity index is 5.12. The van der Waals surface area contributed by atoms with E-state index in [1.54, 1.807) is 21.1 Å². The third kappa shape index (κ3) is 3.33. The van der Waals surface area contributed by atoms with Gasteiger partial charge in [-0.15, -0.1) is 0 Å². The first-order chi connectivity index (χ1) is 7.20. The highest BCUT2D eigenvalue weighted by Gasteiger charge is 2.32. The molecule has 7 heteroatoms. The van der Waals surface area contributed by atoms with Gasteiger partial charge in [0.25, 0.3) is 0 Å². The van der Waals surface area contributed by atoms with Gasteiger partial charge in [-0.05, 0) is 0 Å². The van der Waals surface area contributed by atoms with Crippen molar-refractivity contribution in [3.8, 4) is 0 Å². The van der Waals surface area contributed by atoms with Crippen molar-refractivity contribution in [2.24, 2.45) is 0 Å². The molecule has 0 aliphatic heterocycles. The summed E-state index contributed by atoms with van der Waals surface area (Å²) < 4.78 is 4.42. The summed E-state index contributed by atoms with van der Waals surface area (Å²) in [5.74, 6) is -0.464. The third-order valence-electron chi connectivity index (χ3n) is 2.53. The zero-order valence-electron chi connectivity index (χ0n) is 10.6. The van der Waals surface area contributed by atoms with Crippen molar-refractivity contribution in [1.82, 2.24) is 13.7 Å². The highest BCUT2D eigenvalue weighted by molar-refractivity contribution is 6.58. The van der Waals surface area contributed by atoms with Gasteiger partial charge < -0.3 is 13.7 Å². The molecule has 0 aromatic heterocycles. The van der Waals surface area contributed by atoms with Crippen LogP contribution < -0.4 is 0 Å². The maximum Gasteiger partial charge on any atom is 0.369 e. The Morgan fingerprint density at radius 1 is 0.688 bits per heavy atom. The Morgan fingerprint density at radius 3 is 1.00 bits per heavy atom. The van der Waals surface area contributed by atoms with Gasteiger partial charge in [0.2, 0.25) is 17.7 Å². The summed E-state index contributed by atoms with van der Waals surface area (Å²) in [4.78, 5) is 34.0. The maximum atomic E-state index is 11.3. The molecule has 0 aromatic carbocycles. The average Bonchev–Trinajstić information content (AvgIpc) is 2.16. The molecule has 0 fully saturated rings. The van der Waals surface area contributed by atoms with Gasteiger partial charge in [-0.25, -0.2) is 0 Å². The predicted molar refractivity (Wildman–Crippen MR) is 62.5 cm³/mol. The fourth-order valence-electron chi connectivity index (χ4n) is 1.27. The van der Waals surface area contributed by atoms with E-state index < -0.39 is 9.28 Å². The van der Waals surface area contributed by atoms with Gasteiger partial charge in [-0.3, -0.25) is 14.4 Å². The van der Waals surface area contributed by atoms with E-state index in [1.807, 2.05) is 0 Å². The minimum atomic E-state index is -2.24. The van der Waals surface area contributed by atoms with E-state index >= 15 is 0 Å². The molecule has 6 nitrogen and oxygen atoms in total. The number of hydrogen-bond acceptors (Lipinski definition) is 3. The van der Waals surface area contributed by atoms with Crippen molar-refractivity contribution < 1.29 is 14.4 Å². The zero-order chi connectivity index (χ0) is 13.0. The van der Waals surface area contributed by atoms with E-state index in [0.717, 1.165) is 0 Å². The fraction of sp³-hybridized carbons (Fsp3) is 0.667. The number of amides is 3. The van der Waals surface area contributed by atoms with Crippen LogP contribution in [-0.2, 0) is 14.4 Å². The average molecular weight is 245 g/mol. The highest BCUT2D eigenvalue weighted by Crippen LogP contribution is 2.03. The maximum absolute atomic E-state index is 11.3. The molecule has 0 N–H and O–H groups in total. The standard InChI is InChI=1S/C9H19N3O3Si/c1-7(13)10(4)16(11(5)8(2)14)12(6)9(3)15/h16H,1-6H3. The second-order valence-corrected chi connectivity index (χ2v) is 6.75. The lowest BCUT2D eigenvalue weighted by Gasteiger charge is -2.37. The van der Waals surface area contributed by atoms with Crippen LogP contribution in [0.4, 0.5) is 0 Å². The van der Waals surface area contributed by atoms with Gasteiger partial charge in [-0.2, -0.15) is 0 Å².